The lowest BCUT2D eigenvalue weighted by Gasteiger charge is -2.22. The SMILES string of the molecule is COCCNC(=O)CCNCC(c1ccccc1)C(C)C. The van der Waals surface area contributed by atoms with Crippen LogP contribution in [0.5, 0.6) is 0 Å². The number of carbonyl (C=O) groups excluding carboxylic acids is 1. The summed E-state index contributed by atoms with van der Waals surface area (Å²) in [5.74, 6) is 1.11. The van der Waals surface area contributed by atoms with Gasteiger partial charge < -0.3 is 15.4 Å². The van der Waals surface area contributed by atoms with Crippen molar-refractivity contribution in [3.8, 4) is 0 Å². The second kappa shape index (κ2) is 10.4. The van der Waals surface area contributed by atoms with Gasteiger partial charge in [0.15, 0.2) is 0 Å². The first kappa shape index (κ1) is 17.7. The highest BCUT2D eigenvalue weighted by molar-refractivity contribution is 5.76. The van der Waals surface area contributed by atoms with Crippen molar-refractivity contribution >= 4 is 5.91 Å². The zero-order valence-corrected chi connectivity index (χ0v) is 13.4. The number of ether oxygens (including phenoxy) is 1. The van der Waals surface area contributed by atoms with E-state index < -0.39 is 0 Å². The van der Waals surface area contributed by atoms with Crippen molar-refractivity contribution in [3.05, 3.63) is 35.9 Å². The first-order valence-corrected chi connectivity index (χ1v) is 7.66. The van der Waals surface area contributed by atoms with E-state index in [1.165, 1.54) is 5.56 Å². The molecule has 1 aromatic carbocycles. The predicted octanol–water partition coefficient (Wildman–Crippen LogP) is 2.17. The van der Waals surface area contributed by atoms with Gasteiger partial charge in [-0.25, -0.2) is 0 Å². The lowest BCUT2D eigenvalue weighted by atomic mass is 9.88. The van der Waals surface area contributed by atoms with E-state index in [4.69, 9.17) is 4.74 Å². The minimum atomic E-state index is 0.0698. The Morgan fingerprint density at radius 2 is 1.90 bits per heavy atom. The number of hydrogen-bond donors (Lipinski definition) is 2. The van der Waals surface area contributed by atoms with E-state index in [1.807, 2.05) is 6.07 Å². The monoisotopic (exact) mass is 292 g/mol. The Morgan fingerprint density at radius 3 is 2.52 bits per heavy atom. The molecule has 1 unspecified atom stereocenters. The maximum absolute atomic E-state index is 11.6. The summed E-state index contributed by atoms with van der Waals surface area (Å²) in [6.45, 7) is 7.20. The van der Waals surface area contributed by atoms with Gasteiger partial charge in [0, 0.05) is 33.2 Å². The topological polar surface area (TPSA) is 50.4 Å². The van der Waals surface area contributed by atoms with E-state index in [1.54, 1.807) is 7.11 Å². The Morgan fingerprint density at radius 1 is 1.19 bits per heavy atom. The van der Waals surface area contributed by atoms with Crippen molar-refractivity contribution in [2.75, 3.05) is 33.4 Å². The summed E-state index contributed by atoms with van der Waals surface area (Å²) in [6.07, 6.45) is 0.503. The van der Waals surface area contributed by atoms with Gasteiger partial charge in [0.25, 0.3) is 0 Å². The smallest absolute Gasteiger partial charge is 0.221 e. The molecule has 0 aliphatic heterocycles. The molecule has 0 radical (unpaired) electrons. The molecule has 0 aliphatic rings. The summed E-state index contributed by atoms with van der Waals surface area (Å²) in [6, 6.07) is 10.5. The van der Waals surface area contributed by atoms with Crippen molar-refractivity contribution < 1.29 is 9.53 Å². The van der Waals surface area contributed by atoms with Gasteiger partial charge in [0.2, 0.25) is 5.91 Å². The van der Waals surface area contributed by atoms with Crippen LogP contribution < -0.4 is 10.6 Å². The molecular weight excluding hydrogens is 264 g/mol. The first-order valence-electron chi connectivity index (χ1n) is 7.66. The van der Waals surface area contributed by atoms with Crippen molar-refractivity contribution in [1.82, 2.24) is 10.6 Å². The Balaban J connectivity index is 2.27. The standard InChI is InChI=1S/C17H28N2O2/c1-14(2)16(15-7-5-4-6-8-15)13-18-10-9-17(20)19-11-12-21-3/h4-8,14,16,18H,9-13H2,1-3H3,(H,19,20). The summed E-state index contributed by atoms with van der Waals surface area (Å²) in [4.78, 5) is 11.6. The van der Waals surface area contributed by atoms with Gasteiger partial charge in [-0.1, -0.05) is 44.2 Å². The molecule has 1 rings (SSSR count). The van der Waals surface area contributed by atoms with E-state index in [0.717, 1.165) is 6.54 Å². The third kappa shape index (κ3) is 7.25. The second-order valence-electron chi connectivity index (χ2n) is 5.56. The van der Waals surface area contributed by atoms with Crippen LogP contribution in [0.2, 0.25) is 0 Å². The number of carbonyl (C=O) groups is 1. The zero-order valence-electron chi connectivity index (χ0n) is 13.4. The molecule has 1 atom stereocenters. The fourth-order valence-electron chi connectivity index (χ4n) is 2.28. The van der Waals surface area contributed by atoms with E-state index in [0.29, 0.717) is 38.0 Å². The fraction of sp³-hybridized carbons (Fsp3) is 0.588. The molecule has 0 saturated carbocycles. The van der Waals surface area contributed by atoms with Crippen molar-refractivity contribution in [1.29, 1.82) is 0 Å². The molecule has 0 fully saturated rings. The quantitative estimate of drug-likeness (QED) is 0.650. The van der Waals surface area contributed by atoms with E-state index in [-0.39, 0.29) is 5.91 Å². The Labute approximate surface area is 128 Å². The predicted molar refractivity (Wildman–Crippen MR) is 86.4 cm³/mol. The molecule has 2 N–H and O–H groups in total. The molecule has 0 spiro atoms. The van der Waals surface area contributed by atoms with Crippen LogP contribution in [0, 0.1) is 5.92 Å². The molecule has 0 aromatic heterocycles. The highest BCUT2D eigenvalue weighted by atomic mass is 16.5. The molecule has 1 amide bonds. The highest BCUT2D eigenvalue weighted by Gasteiger charge is 2.15. The van der Waals surface area contributed by atoms with Crippen LogP contribution in [0.25, 0.3) is 0 Å². The molecule has 4 nitrogen and oxygen atoms in total. The van der Waals surface area contributed by atoms with E-state index >= 15 is 0 Å². The number of benzene rings is 1. The summed E-state index contributed by atoms with van der Waals surface area (Å²) >= 11 is 0. The van der Waals surface area contributed by atoms with Crippen LogP contribution >= 0.6 is 0 Å². The molecule has 0 bridgehead atoms. The van der Waals surface area contributed by atoms with Gasteiger partial charge in [0.1, 0.15) is 0 Å². The van der Waals surface area contributed by atoms with E-state index in [2.05, 4.69) is 48.7 Å². The molecular formula is C17H28N2O2. The van der Waals surface area contributed by atoms with Crippen LogP contribution in [0.4, 0.5) is 0 Å². The van der Waals surface area contributed by atoms with Gasteiger partial charge in [-0.2, -0.15) is 0 Å². The minimum absolute atomic E-state index is 0.0698. The van der Waals surface area contributed by atoms with E-state index in [9.17, 15) is 4.79 Å². The third-order valence-electron chi connectivity index (χ3n) is 3.55. The largest absolute Gasteiger partial charge is 0.383 e. The third-order valence-corrected chi connectivity index (χ3v) is 3.55. The maximum Gasteiger partial charge on any atom is 0.221 e. The van der Waals surface area contributed by atoms with Gasteiger partial charge >= 0.3 is 0 Å². The van der Waals surface area contributed by atoms with Gasteiger partial charge in [-0.3, -0.25) is 4.79 Å². The molecule has 0 heterocycles. The lowest BCUT2D eigenvalue weighted by Crippen LogP contribution is -2.32. The maximum atomic E-state index is 11.6. The summed E-state index contributed by atoms with van der Waals surface area (Å²) in [7, 11) is 1.63. The second-order valence-corrected chi connectivity index (χ2v) is 5.56. The van der Waals surface area contributed by atoms with Crippen LogP contribution in [0.1, 0.15) is 31.7 Å². The van der Waals surface area contributed by atoms with Gasteiger partial charge in [-0.15, -0.1) is 0 Å². The Hall–Kier alpha value is -1.39. The first-order chi connectivity index (χ1) is 10.1. The zero-order chi connectivity index (χ0) is 15.5. The summed E-state index contributed by atoms with van der Waals surface area (Å²) in [5, 5.41) is 6.22. The minimum Gasteiger partial charge on any atom is -0.383 e. The Bertz CT molecular complexity index is 393. The summed E-state index contributed by atoms with van der Waals surface area (Å²) < 4.78 is 4.89. The number of nitrogens with one attached hydrogen (secondary N) is 2. The number of amides is 1. The average molecular weight is 292 g/mol. The van der Waals surface area contributed by atoms with Crippen molar-refractivity contribution in [3.63, 3.8) is 0 Å². The molecule has 21 heavy (non-hydrogen) atoms. The van der Waals surface area contributed by atoms with Crippen molar-refractivity contribution in [2.24, 2.45) is 5.92 Å². The van der Waals surface area contributed by atoms with Crippen LogP contribution in [-0.2, 0) is 9.53 Å². The van der Waals surface area contributed by atoms with Crippen molar-refractivity contribution in [2.45, 2.75) is 26.2 Å². The average Bonchev–Trinajstić information content (AvgIpc) is 2.48. The van der Waals surface area contributed by atoms with Gasteiger partial charge in [0.05, 0.1) is 6.61 Å². The van der Waals surface area contributed by atoms with Crippen LogP contribution in [0.15, 0.2) is 30.3 Å². The molecule has 118 valence electrons. The number of methoxy groups -OCH3 is 1. The molecule has 1 aromatic rings. The molecule has 0 aliphatic carbocycles. The lowest BCUT2D eigenvalue weighted by molar-refractivity contribution is -0.121. The number of hydrogen-bond acceptors (Lipinski definition) is 3. The highest BCUT2D eigenvalue weighted by Crippen LogP contribution is 2.23. The van der Waals surface area contributed by atoms with Crippen LogP contribution in [-0.4, -0.2) is 39.3 Å². The number of rotatable bonds is 10. The van der Waals surface area contributed by atoms with Gasteiger partial charge in [-0.05, 0) is 17.4 Å². The normalized spacial score (nSPS) is 12.4. The fourth-order valence-corrected chi connectivity index (χ4v) is 2.28. The summed E-state index contributed by atoms with van der Waals surface area (Å²) in [5.41, 5.74) is 1.35. The van der Waals surface area contributed by atoms with Crippen LogP contribution in [0.3, 0.4) is 0 Å². The molecule has 0 saturated heterocycles. The molecule has 4 heteroatoms. The Kier molecular flexibility index (Phi) is 8.71.